The molecule has 7 nitrogen and oxygen atoms in total. The van der Waals surface area contributed by atoms with Gasteiger partial charge in [-0.25, -0.2) is 9.18 Å². The molecule has 0 aliphatic heterocycles. The molecular formula is C18H18ClFN2O5S. The lowest BCUT2D eigenvalue weighted by molar-refractivity contribution is -0.118. The Labute approximate surface area is 169 Å². The molecule has 0 unspecified atom stereocenters. The molecule has 0 radical (unpaired) electrons. The molecule has 0 fully saturated rings. The molecule has 0 atom stereocenters. The zero-order valence-corrected chi connectivity index (χ0v) is 16.9. The van der Waals surface area contributed by atoms with Crippen molar-refractivity contribution in [1.29, 1.82) is 0 Å². The van der Waals surface area contributed by atoms with Gasteiger partial charge in [-0.15, -0.1) is 11.3 Å². The number of esters is 1. The summed E-state index contributed by atoms with van der Waals surface area (Å²) in [6.07, 6.45) is 0. The van der Waals surface area contributed by atoms with Crippen molar-refractivity contribution in [3.63, 3.8) is 0 Å². The van der Waals surface area contributed by atoms with Crippen LogP contribution in [0.4, 0.5) is 9.39 Å². The Morgan fingerprint density at radius 3 is 2.61 bits per heavy atom. The lowest BCUT2D eigenvalue weighted by atomic mass is 10.1. The number of hydrogen-bond acceptors (Lipinski definition) is 6. The van der Waals surface area contributed by atoms with Crippen LogP contribution in [0.3, 0.4) is 0 Å². The van der Waals surface area contributed by atoms with E-state index in [9.17, 15) is 18.8 Å². The number of carbonyl (C=O) groups is 3. The quantitative estimate of drug-likeness (QED) is 0.659. The summed E-state index contributed by atoms with van der Waals surface area (Å²) < 4.78 is 23.3. The number of carbonyl (C=O) groups excluding carboxylic acids is 3. The summed E-state index contributed by atoms with van der Waals surface area (Å²) in [5, 5.41) is 5.23. The number of anilines is 1. The van der Waals surface area contributed by atoms with E-state index in [-0.39, 0.29) is 38.7 Å². The van der Waals surface area contributed by atoms with Crippen LogP contribution >= 0.6 is 22.9 Å². The van der Waals surface area contributed by atoms with Gasteiger partial charge in [-0.3, -0.25) is 9.59 Å². The molecule has 2 N–H and O–H groups in total. The molecule has 10 heteroatoms. The number of rotatable bonds is 7. The zero-order valence-electron chi connectivity index (χ0n) is 15.4. The standard InChI is InChI=1S/C18H18ClFN2O5S/c1-4-26-18(25)14-9(2)15(16(24)21-3)28-17(14)22-13(23)8-27-12-6-5-10(20)7-11(12)19/h5-7H,4,8H2,1-3H3,(H,21,24)(H,22,23). The van der Waals surface area contributed by atoms with Crippen LogP contribution in [0, 0.1) is 12.7 Å². The van der Waals surface area contributed by atoms with Gasteiger partial charge in [0.25, 0.3) is 11.8 Å². The van der Waals surface area contributed by atoms with E-state index in [1.54, 1.807) is 13.8 Å². The number of benzene rings is 1. The lowest BCUT2D eigenvalue weighted by Gasteiger charge is -2.09. The second kappa shape index (κ2) is 9.52. The molecule has 0 saturated carbocycles. The average Bonchev–Trinajstić information content (AvgIpc) is 2.96. The SMILES string of the molecule is CCOC(=O)c1c(NC(=O)COc2ccc(F)cc2Cl)sc(C(=O)NC)c1C. The van der Waals surface area contributed by atoms with Crippen LogP contribution in [0.2, 0.25) is 5.02 Å². The third kappa shape index (κ3) is 4.99. The van der Waals surface area contributed by atoms with E-state index in [2.05, 4.69) is 10.6 Å². The highest BCUT2D eigenvalue weighted by molar-refractivity contribution is 7.18. The summed E-state index contributed by atoms with van der Waals surface area (Å²) in [6.45, 7) is 2.96. The molecule has 1 aromatic heterocycles. The van der Waals surface area contributed by atoms with Crippen molar-refractivity contribution in [3.8, 4) is 5.75 Å². The van der Waals surface area contributed by atoms with Gasteiger partial charge in [0.05, 0.1) is 22.1 Å². The Morgan fingerprint density at radius 1 is 1.29 bits per heavy atom. The normalized spacial score (nSPS) is 10.3. The van der Waals surface area contributed by atoms with Gasteiger partial charge in [-0.1, -0.05) is 11.6 Å². The molecule has 0 saturated heterocycles. The maximum absolute atomic E-state index is 13.1. The molecule has 0 aliphatic carbocycles. The monoisotopic (exact) mass is 428 g/mol. The lowest BCUT2D eigenvalue weighted by Crippen LogP contribution is -2.21. The second-order valence-corrected chi connectivity index (χ2v) is 6.90. The van der Waals surface area contributed by atoms with Crippen molar-refractivity contribution < 1.29 is 28.2 Å². The highest BCUT2D eigenvalue weighted by Crippen LogP contribution is 2.34. The fourth-order valence-corrected chi connectivity index (χ4v) is 3.66. The number of halogens is 2. The number of ether oxygens (including phenoxy) is 2. The Kier molecular flexibility index (Phi) is 7.36. The van der Waals surface area contributed by atoms with Gasteiger partial charge in [0.2, 0.25) is 0 Å². The van der Waals surface area contributed by atoms with E-state index in [1.807, 2.05) is 0 Å². The average molecular weight is 429 g/mol. The molecule has 150 valence electrons. The van der Waals surface area contributed by atoms with Crippen molar-refractivity contribution in [2.45, 2.75) is 13.8 Å². The molecule has 1 heterocycles. The molecule has 0 aliphatic rings. The third-order valence-electron chi connectivity index (χ3n) is 3.57. The topological polar surface area (TPSA) is 93.7 Å². The highest BCUT2D eigenvalue weighted by atomic mass is 35.5. The fraction of sp³-hybridized carbons (Fsp3) is 0.278. The van der Waals surface area contributed by atoms with Crippen LogP contribution in [-0.2, 0) is 9.53 Å². The molecule has 2 amide bonds. The van der Waals surface area contributed by atoms with Gasteiger partial charge in [0, 0.05) is 7.05 Å². The van der Waals surface area contributed by atoms with Gasteiger partial charge in [0.1, 0.15) is 16.6 Å². The maximum atomic E-state index is 13.1. The predicted molar refractivity (Wildman–Crippen MR) is 104 cm³/mol. The van der Waals surface area contributed by atoms with Crippen molar-refractivity contribution in [2.75, 3.05) is 25.6 Å². The zero-order chi connectivity index (χ0) is 20.8. The van der Waals surface area contributed by atoms with Gasteiger partial charge < -0.3 is 20.1 Å². The Bertz CT molecular complexity index is 916. The van der Waals surface area contributed by atoms with E-state index in [4.69, 9.17) is 21.1 Å². The van der Waals surface area contributed by atoms with Crippen molar-refractivity contribution in [3.05, 3.63) is 45.0 Å². The van der Waals surface area contributed by atoms with Gasteiger partial charge in [0.15, 0.2) is 6.61 Å². The minimum atomic E-state index is -0.649. The van der Waals surface area contributed by atoms with Gasteiger partial charge >= 0.3 is 5.97 Å². The Balaban J connectivity index is 2.20. The number of amides is 2. The predicted octanol–water partition coefficient (Wildman–Crippen LogP) is 3.40. The largest absolute Gasteiger partial charge is 0.482 e. The van der Waals surface area contributed by atoms with Gasteiger partial charge in [-0.2, -0.15) is 0 Å². The van der Waals surface area contributed by atoms with E-state index in [0.29, 0.717) is 5.56 Å². The summed E-state index contributed by atoms with van der Waals surface area (Å²) in [7, 11) is 1.46. The first-order valence-corrected chi connectivity index (χ1v) is 9.38. The fourth-order valence-electron chi connectivity index (χ4n) is 2.28. The summed E-state index contributed by atoms with van der Waals surface area (Å²) in [5.41, 5.74) is 0.513. The molecule has 0 spiro atoms. The first-order valence-electron chi connectivity index (χ1n) is 8.18. The van der Waals surface area contributed by atoms with Crippen molar-refractivity contribution in [1.82, 2.24) is 5.32 Å². The van der Waals surface area contributed by atoms with E-state index < -0.39 is 24.3 Å². The molecule has 2 rings (SSSR count). The first kappa shape index (κ1) is 21.6. The first-order chi connectivity index (χ1) is 13.3. The smallest absolute Gasteiger partial charge is 0.341 e. The molecule has 1 aromatic carbocycles. The minimum absolute atomic E-state index is 0.0221. The van der Waals surface area contributed by atoms with Crippen molar-refractivity contribution >= 4 is 45.7 Å². The third-order valence-corrected chi connectivity index (χ3v) is 5.07. The van der Waals surface area contributed by atoms with Crippen LogP contribution in [-0.4, -0.2) is 38.0 Å². The summed E-state index contributed by atoms with van der Waals surface area (Å²) >= 11 is 6.80. The number of thiophene rings is 1. The summed E-state index contributed by atoms with van der Waals surface area (Å²) in [6, 6.07) is 3.51. The summed E-state index contributed by atoms with van der Waals surface area (Å²) in [4.78, 5) is 36.8. The van der Waals surface area contributed by atoms with Crippen LogP contribution < -0.4 is 15.4 Å². The Morgan fingerprint density at radius 2 is 2.00 bits per heavy atom. The van der Waals surface area contributed by atoms with E-state index in [1.165, 1.54) is 13.1 Å². The van der Waals surface area contributed by atoms with Crippen LogP contribution in [0.25, 0.3) is 0 Å². The highest BCUT2D eigenvalue weighted by Gasteiger charge is 2.26. The number of nitrogens with one attached hydrogen (secondary N) is 2. The Hall–Kier alpha value is -2.65. The van der Waals surface area contributed by atoms with Gasteiger partial charge in [-0.05, 0) is 37.6 Å². The van der Waals surface area contributed by atoms with E-state index in [0.717, 1.165) is 23.5 Å². The molecule has 0 bridgehead atoms. The minimum Gasteiger partial charge on any atom is -0.482 e. The van der Waals surface area contributed by atoms with E-state index >= 15 is 0 Å². The van der Waals surface area contributed by atoms with Crippen LogP contribution in [0.5, 0.6) is 5.75 Å². The van der Waals surface area contributed by atoms with Crippen LogP contribution in [0.15, 0.2) is 18.2 Å². The molecule has 28 heavy (non-hydrogen) atoms. The molecular weight excluding hydrogens is 411 g/mol. The van der Waals surface area contributed by atoms with Crippen LogP contribution in [0.1, 0.15) is 32.5 Å². The maximum Gasteiger partial charge on any atom is 0.341 e. The van der Waals surface area contributed by atoms with Crippen molar-refractivity contribution in [2.24, 2.45) is 0 Å². The summed E-state index contributed by atoms with van der Waals surface area (Å²) in [5.74, 6) is -2.02. The number of hydrogen-bond donors (Lipinski definition) is 2. The molecule has 2 aromatic rings. The second-order valence-electron chi connectivity index (χ2n) is 5.47.